The molecule has 0 aliphatic carbocycles. The smallest absolute Gasteiger partial charge is 0.243 e. The maximum Gasteiger partial charge on any atom is 0.243 e. The molecular weight excluding hydrogens is 422 g/mol. The zero-order valence-electron chi connectivity index (χ0n) is 19.7. The van der Waals surface area contributed by atoms with Crippen molar-refractivity contribution in [3.05, 3.63) is 41.0 Å². The molecule has 7 nitrogen and oxygen atoms in total. The van der Waals surface area contributed by atoms with Crippen molar-refractivity contribution in [1.82, 2.24) is 14.5 Å². The second kappa shape index (κ2) is 9.35. The molecule has 1 aromatic carbocycles. The van der Waals surface area contributed by atoms with Crippen LogP contribution in [0.5, 0.6) is 0 Å². The lowest BCUT2D eigenvalue weighted by molar-refractivity contribution is 0.383. The molecule has 2 saturated heterocycles. The molecule has 1 atom stereocenters. The second-order valence-corrected chi connectivity index (χ2v) is 11.0. The van der Waals surface area contributed by atoms with Crippen molar-refractivity contribution in [1.29, 1.82) is 0 Å². The Morgan fingerprint density at radius 3 is 2.12 bits per heavy atom. The van der Waals surface area contributed by atoms with Gasteiger partial charge < -0.3 is 9.80 Å². The van der Waals surface area contributed by atoms with Crippen molar-refractivity contribution in [3.8, 4) is 0 Å². The van der Waals surface area contributed by atoms with Crippen LogP contribution < -0.4 is 9.80 Å². The van der Waals surface area contributed by atoms with E-state index < -0.39 is 10.0 Å². The van der Waals surface area contributed by atoms with Gasteiger partial charge in [0.2, 0.25) is 10.0 Å². The highest BCUT2D eigenvalue weighted by Gasteiger charge is 2.31. The van der Waals surface area contributed by atoms with Gasteiger partial charge in [-0.3, -0.25) is 0 Å². The van der Waals surface area contributed by atoms with E-state index >= 15 is 0 Å². The normalized spacial score (nSPS) is 20.6. The molecule has 1 unspecified atom stereocenters. The van der Waals surface area contributed by atoms with Crippen LogP contribution in [0.25, 0.3) is 0 Å². The Bertz CT molecular complexity index is 1020. The van der Waals surface area contributed by atoms with Crippen molar-refractivity contribution in [2.45, 2.75) is 64.3 Å². The van der Waals surface area contributed by atoms with Gasteiger partial charge in [0.15, 0.2) is 11.6 Å². The van der Waals surface area contributed by atoms with E-state index in [1.807, 2.05) is 39.0 Å². The van der Waals surface area contributed by atoms with Crippen molar-refractivity contribution in [3.63, 3.8) is 0 Å². The summed E-state index contributed by atoms with van der Waals surface area (Å²) in [6.45, 7) is 11.1. The summed E-state index contributed by atoms with van der Waals surface area (Å²) < 4.78 is 28.3. The standard InChI is InChI=1S/C24H35N5O2S/c1-5-21-8-6-7-11-29(21)23-10-9-22(25-26-23)27-12-14-28(15-13-27)32(30,31)24-19(3)16-18(2)17-20(24)4/h9-10,16-17,21H,5-8,11-15H2,1-4H3. The van der Waals surface area contributed by atoms with Gasteiger partial charge in [0.05, 0.1) is 4.90 Å². The number of aryl methyl sites for hydroxylation is 3. The Labute approximate surface area is 192 Å². The minimum Gasteiger partial charge on any atom is -0.352 e. The van der Waals surface area contributed by atoms with Crippen LogP contribution >= 0.6 is 0 Å². The monoisotopic (exact) mass is 457 g/mol. The van der Waals surface area contributed by atoms with Crippen LogP contribution in [0.4, 0.5) is 11.6 Å². The minimum absolute atomic E-state index is 0.447. The molecule has 2 aromatic rings. The van der Waals surface area contributed by atoms with Crippen LogP contribution in [0.2, 0.25) is 0 Å². The summed E-state index contributed by atoms with van der Waals surface area (Å²) in [6.07, 6.45) is 4.84. The fourth-order valence-corrected chi connectivity index (χ4v) is 7.06. The number of hydrogen-bond donors (Lipinski definition) is 0. The van der Waals surface area contributed by atoms with Crippen LogP contribution in [0.1, 0.15) is 49.3 Å². The van der Waals surface area contributed by atoms with E-state index in [9.17, 15) is 8.42 Å². The SMILES string of the molecule is CCC1CCCCN1c1ccc(N2CCN(S(=O)(=O)c3c(C)cc(C)cc3C)CC2)nn1. The summed E-state index contributed by atoms with van der Waals surface area (Å²) in [7, 11) is -3.51. The molecule has 1 aromatic heterocycles. The van der Waals surface area contributed by atoms with Crippen molar-refractivity contribution in [2.75, 3.05) is 42.5 Å². The topological polar surface area (TPSA) is 69.6 Å². The fraction of sp³-hybridized carbons (Fsp3) is 0.583. The first kappa shape index (κ1) is 23.0. The van der Waals surface area contributed by atoms with Crippen molar-refractivity contribution >= 4 is 21.7 Å². The Hall–Kier alpha value is -2.19. The molecule has 3 heterocycles. The van der Waals surface area contributed by atoms with E-state index in [1.54, 1.807) is 4.31 Å². The van der Waals surface area contributed by atoms with Crippen LogP contribution in [0.3, 0.4) is 0 Å². The van der Waals surface area contributed by atoms with E-state index in [0.29, 0.717) is 37.1 Å². The zero-order chi connectivity index (χ0) is 22.9. The summed E-state index contributed by atoms with van der Waals surface area (Å²) in [5.74, 6) is 1.77. The van der Waals surface area contributed by atoms with Crippen molar-refractivity contribution < 1.29 is 8.42 Å². The highest BCUT2D eigenvalue weighted by molar-refractivity contribution is 7.89. The predicted molar refractivity (Wildman–Crippen MR) is 129 cm³/mol. The number of anilines is 2. The second-order valence-electron chi connectivity index (χ2n) is 9.12. The number of benzene rings is 1. The summed E-state index contributed by atoms with van der Waals surface area (Å²) in [5, 5.41) is 9.02. The number of piperidine rings is 1. The van der Waals surface area contributed by atoms with Gasteiger partial charge in [-0.15, -0.1) is 10.2 Å². The Balaban J connectivity index is 1.44. The third-order valence-electron chi connectivity index (χ3n) is 6.79. The molecule has 0 spiro atoms. The lowest BCUT2D eigenvalue weighted by Gasteiger charge is -2.37. The van der Waals surface area contributed by atoms with Gasteiger partial charge in [0.1, 0.15) is 0 Å². The van der Waals surface area contributed by atoms with E-state index in [2.05, 4.69) is 33.0 Å². The summed E-state index contributed by atoms with van der Waals surface area (Å²) >= 11 is 0. The zero-order valence-corrected chi connectivity index (χ0v) is 20.5. The summed E-state index contributed by atoms with van der Waals surface area (Å²) in [5.41, 5.74) is 2.71. The minimum atomic E-state index is -3.51. The fourth-order valence-electron chi connectivity index (χ4n) is 5.23. The first-order chi connectivity index (χ1) is 15.3. The lowest BCUT2D eigenvalue weighted by Crippen LogP contribution is -2.49. The Morgan fingerprint density at radius 1 is 0.906 bits per heavy atom. The van der Waals surface area contributed by atoms with E-state index in [4.69, 9.17) is 0 Å². The highest BCUT2D eigenvalue weighted by Crippen LogP contribution is 2.28. The number of nitrogens with zero attached hydrogens (tertiary/aromatic N) is 5. The van der Waals surface area contributed by atoms with Gasteiger partial charge in [-0.2, -0.15) is 4.31 Å². The lowest BCUT2D eigenvalue weighted by atomic mass is 10.0. The maximum absolute atomic E-state index is 13.3. The average molecular weight is 458 g/mol. The molecule has 0 bridgehead atoms. The maximum atomic E-state index is 13.3. The molecule has 0 saturated carbocycles. The Morgan fingerprint density at radius 2 is 1.53 bits per heavy atom. The van der Waals surface area contributed by atoms with Crippen LogP contribution in [-0.2, 0) is 10.0 Å². The predicted octanol–water partition coefficient (Wildman–Crippen LogP) is 3.68. The molecule has 2 aliphatic rings. The first-order valence-electron chi connectivity index (χ1n) is 11.7. The van der Waals surface area contributed by atoms with Gasteiger partial charge in [0.25, 0.3) is 0 Å². The largest absolute Gasteiger partial charge is 0.352 e. The number of aromatic nitrogens is 2. The number of hydrogen-bond acceptors (Lipinski definition) is 6. The van der Waals surface area contributed by atoms with Gasteiger partial charge in [0, 0.05) is 38.8 Å². The van der Waals surface area contributed by atoms with Gasteiger partial charge in [-0.05, 0) is 69.7 Å². The molecule has 32 heavy (non-hydrogen) atoms. The Kier molecular flexibility index (Phi) is 6.72. The average Bonchev–Trinajstić information content (AvgIpc) is 2.78. The molecule has 0 radical (unpaired) electrons. The van der Waals surface area contributed by atoms with Gasteiger partial charge >= 0.3 is 0 Å². The summed E-state index contributed by atoms with van der Waals surface area (Å²) in [6, 6.07) is 8.53. The van der Waals surface area contributed by atoms with E-state index in [1.165, 1.54) is 19.3 Å². The van der Waals surface area contributed by atoms with Crippen LogP contribution in [-0.4, -0.2) is 61.7 Å². The number of rotatable bonds is 5. The summed E-state index contributed by atoms with van der Waals surface area (Å²) in [4.78, 5) is 4.97. The van der Waals surface area contributed by atoms with Crippen molar-refractivity contribution in [2.24, 2.45) is 0 Å². The first-order valence-corrected chi connectivity index (χ1v) is 13.2. The molecular formula is C24H35N5O2S. The molecule has 0 amide bonds. The van der Waals surface area contributed by atoms with Gasteiger partial charge in [-0.1, -0.05) is 24.6 Å². The molecule has 174 valence electrons. The van der Waals surface area contributed by atoms with E-state index in [-0.39, 0.29) is 0 Å². The number of sulfonamides is 1. The van der Waals surface area contributed by atoms with Crippen LogP contribution in [0.15, 0.2) is 29.2 Å². The molecule has 2 aliphatic heterocycles. The molecule has 0 N–H and O–H groups in total. The highest BCUT2D eigenvalue weighted by atomic mass is 32.2. The third-order valence-corrected chi connectivity index (χ3v) is 9.00. The molecule has 4 rings (SSSR count). The molecule has 2 fully saturated rings. The third kappa shape index (κ3) is 4.48. The molecule has 8 heteroatoms. The number of piperazine rings is 1. The van der Waals surface area contributed by atoms with Crippen LogP contribution in [0, 0.1) is 20.8 Å². The quantitative estimate of drug-likeness (QED) is 0.682. The van der Waals surface area contributed by atoms with Gasteiger partial charge in [-0.25, -0.2) is 8.42 Å². The van der Waals surface area contributed by atoms with E-state index in [0.717, 1.165) is 41.3 Å².